The van der Waals surface area contributed by atoms with Gasteiger partial charge in [-0.15, -0.1) is 0 Å². The van der Waals surface area contributed by atoms with Crippen LogP contribution in [0.1, 0.15) is 57.6 Å². The lowest BCUT2D eigenvalue weighted by Crippen LogP contribution is -2.41. The molecule has 2 aromatic carbocycles. The molecule has 36 heavy (non-hydrogen) atoms. The van der Waals surface area contributed by atoms with Crippen LogP contribution in [0.25, 0.3) is 22.4 Å². The van der Waals surface area contributed by atoms with E-state index in [1.807, 2.05) is 56.6 Å². The molecule has 8 nitrogen and oxygen atoms in total. The SMILES string of the molecule is CC1(C)OB(c2ccc3nc4n(c3c2)[C@H]2C[C@@H]4n3ncnc3-c3cccc(OC(F)F)c32)OC1(C)C. The van der Waals surface area contributed by atoms with Crippen molar-refractivity contribution in [3.63, 3.8) is 0 Å². The Morgan fingerprint density at radius 2 is 1.86 bits per heavy atom. The number of ether oxygens (including phenoxy) is 1. The lowest BCUT2D eigenvalue weighted by molar-refractivity contribution is -0.0506. The maximum atomic E-state index is 13.4. The van der Waals surface area contributed by atoms with Crippen molar-refractivity contribution in [3.05, 3.63) is 54.1 Å². The fourth-order valence-electron chi connectivity index (χ4n) is 5.65. The summed E-state index contributed by atoms with van der Waals surface area (Å²) in [5.41, 5.74) is 3.01. The van der Waals surface area contributed by atoms with E-state index in [9.17, 15) is 8.78 Å². The van der Waals surface area contributed by atoms with Crippen LogP contribution < -0.4 is 10.2 Å². The molecule has 0 spiro atoms. The molecule has 3 aliphatic heterocycles. The quantitative estimate of drug-likeness (QED) is 0.402. The largest absolute Gasteiger partial charge is 0.494 e. The maximum Gasteiger partial charge on any atom is 0.494 e. The average Bonchev–Trinajstić information content (AvgIpc) is 3.53. The second kappa shape index (κ2) is 7.13. The third kappa shape index (κ3) is 2.89. The summed E-state index contributed by atoms with van der Waals surface area (Å²) in [5, 5.41) is 4.49. The third-order valence-electron chi connectivity index (χ3n) is 8.05. The van der Waals surface area contributed by atoms with Gasteiger partial charge in [0.25, 0.3) is 0 Å². The summed E-state index contributed by atoms with van der Waals surface area (Å²) in [6, 6.07) is 10.7. The van der Waals surface area contributed by atoms with E-state index in [-0.39, 0.29) is 17.8 Å². The first kappa shape index (κ1) is 21.9. The smallest absolute Gasteiger partial charge is 0.434 e. The van der Waals surface area contributed by atoms with Crippen LogP contribution in [-0.2, 0) is 9.31 Å². The van der Waals surface area contributed by atoms with E-state index in [0.717, 1.165) is 27.9 Å². The topological polar surface area (TPSA) is 76.2 Å². The van der Waals surface area contributed by atoms with Crippen LogP contribution in [0.15, 0.2) is 42.7 Å². The molecule has 0 amide bonds. The van der Waals surface area contributed by atoms with Crippen LogP contribution >= 0.6 is 0 Å². The normalized spacial score (nSPS) is 23.0. The van der Waals surface area contributed by atoms with Gasteiger partial charge in [0.2, 0.25) is 0 Å². The van der Waals surface area contributed by atoms with Crippen LogP contribution in [0.5, 0.6) is 5.75 Å². The van der Waals surface area contributed by atoms with E-state index >= 15 is 0 Å². The first-order valence-electron chi connectivity index (χ1n) is 12.0. The Morgan fingerprint density at radius 3 is 2.61 bits per heavy atom. The lowest BCUT2D eigenvalue weighted by atomic mass is 9.79. The molecule has 0 aliphatic carbocycles. The van der Waals surface area contributed by atoms with Crippen molar-refractivity contribution in [3.8, 4) is 17.1 Å². The van der Waals surface area contributed by atoms with Crippen molar-refractivity contribution in [1.29, 1.82) is 0 Å². The van der Waals surface area contributed by atoms with E-state index < -0.39 is 24.9 Å². The number of nitrogens with zero attached hydrogens (tertiary/aromatic N) is 5. The van der Waals surface area contributed by atoms with Crippen molar-refractivity contribution >= 4 is 23.6 Å². The zero-order valence-corrected chi connectivity index (χ0v) is 20.3. The van der Waals surface area contributed by atoms with Gasteiger partial charge in [-0.3, -0.25) is 0 Å². The third-order valence-corrected chi connectivity index (χ3v) is 8.05. The summed E-state index contributed by atoms with van der Waals surface area (Å²) in [7, 11) is -0.527. The van der Waals surface area contributed by atoms with Crippen LogP contribution in [0.2, 0.25) is 0 Å². The van der Waals surface area contributed by atoms with Crippen LogP contribution in [-0.4, -0.2) is 49.2 Å². The van der Waals surface area contributed by atoms with Gasteiger partial charge in [-0.25, -0.2) is 14.6 Å². The van der Waals surface area contributed by atoms with Crippen LogP contribution in [0, 0.1) is 0 Å². The Balaban J connectivity index is 1.43. The molecule has 2 atom stereocenters. The van der Waals surface area contributed by atoms with Gasteiger partial charge in [0.05, 0.1) is 28.3 Å². The Hall–Kier alpha value is -3.31. The average molecular weight is 491 g/mol. The lowest BCUT2D eigenvalue weighted by Gasteiger charge is -2.32. The molecule has 0 N–H and O–H groups in total. The number of imidazole rings is 1. The monoisotopic (exact) mass is 491 g/mol. The minimum Gasteiger partial charge on any atom is -0.434 e. The molecule has 1 fully saturated rings. The highest BCUT2D eigenvalue weighted by molar-refractivity contribution is 6.62. The first-order chi connectivity index (χ1) is 17.1. The summed E-state index contributed by atoms with van der Waals surface area (Å²) in [5.74, 6) is 1.57. The van der Waals surface area contributed by atoms with Gasteiger partial charge in [-0.05, 0) is 51.4 Å². The van der Waals surface area contributed by atoms with Crippen LogP contribution in [0.4, 0.5) is 8.78 Å². The molecule has 0 unspecified atom stereocenters. The minimum absolute atomic E-state index is 0.138. The Morgan fingerprint density at radius 1 is 1.08 bits per heavy atom. The zero-order chi connectivity index (χ0) is 25.0. The van der Waals surface area contributed by atoms with Gasteiger partial charge in [0.15, 0.2) is 5.82 Å². The van der Waals surface area contributed by atoms with Crippen molar-refractivity contribution in [2.45, 2.75) is 64.0 Å². The zero-order valence-electron chi connectivity index (χ0n) is 20.3. The van der Waals surface area contributed by atoms with Gasteiger partial charge in [0, 0.05) is 17.5 Å². The standard InChI is InChI=1S/C25H24BF2N5O3/c1-24(2)25(3,4)36-26(35-24)13-8-9-15-16(10-13)32-17-11-18(22(32)31-15)33-21(29-12-30-33)14-6-5-7-19(20(14)17)34-23(27)28/h5-10,12,17-18,23H,11H2,1-4H3/t17-,18-/m0/s1. The molecule has 184 valence electrons. The highest BCUT2D eigenvalue weighted by atomic mass is 19.3. The Labute approximate surface area is 206 Å². The number of hydrogen-bond donors (Lipinski definition) is 0. The number of aromatic nitrogens is 5. The molecule has 4 aromatic rings. The molecule has 1 saturated heterocycles. The van der Waals surface area contributed by atoms with Gasteiger partial charge < -0.3 is 18.6 Å². The van der Waals surface area contributed by atoms with Gasteiger partial charge >= 0.3 is 13.7 Å². The van der Waals surface area contributed by atoms with Crippen molar-refractivity contribution in [2.24, 2.45) is 0 Å². The molecule has 3 aliphatic rings. The van der Waals surface area contributed by atoms with Crippen molar-refractivity contribution in [2.75, 3.05) is 0 Å². The van der Waals surface area contributed by atoms with Gasteiger partial charge in [-0.1, -0.05) is 18.2 Å². The Kier molecular flexibility index (Phi) is 4.35. The number of alkyl halides is 2. The summed E-state index contributed by atoms with van der Waals surface area (Å²) in [4.78, 5) is 9.40. The van der Waals surface area contributed by atoms with Gasteiger partial charge in [0.1, 0.15) is 23.9 Å². The number of halogens is 2. The maximum absolute atomic E-state index is 13.4. The van der Waals surface area contributed by atoms with E-state index in [4.69, 9.17) is 19.0 Å². The fraction of sp³-hybridized carbons (Fsp3) is 0.400. The van der Waals surface area contributed by atoms with Crippen LogP contribution in [0.3, 0.4) is 0 Å². The molecule has 0 saturated carbocycles. The summed E-state index contributed by atoms with van der Waals surface area (Å²) >= 11 is 0. The second-order valence-electron chi connectivity index (χ2n) is 10.6. The predicted molar refractivity (Wildman–Crippen MR) is 128 cm³/mol. The Bertz CT molecular complexity index is 1520. The molecule has 11 heteroatoms. The summed E-state index contributed by atoms with van der Waals surface area (Å²) in [6.45, 7) is 5.14. The number of hydrogen-bond acceptors (Lipinski definition) is 6. The number of benzene rings is 2. The molecular formula is C25H24BF2N5O3. The van der Waals surface area contributed by atoms with E-state index in [0.29, 0.717) is 17.8 Å². The van der Waals surface area contributed by atoms with E-state index in [1.54, 1.807) is 12.1 Å². The highest BCUT2D eigenvalue weighted by Gasteiger charge is 2.52. The van der Waals surface area contributed by atoms with Crippen molar-refractivity contribution in [1.82, 2.24) is 24.3 Å². The molecule has 2 bridgehead atoms. The number of rotatable bonds is 3. The summed E-state index contributed by atoms with van der Waals surface area (Å²) < 4.78 is 48.3. The molecule has 2 aromatic heterocycles. The molecule has 5 heterocycles. The minimum atomic E-state index is -2.94. The van der Waals surface area contributed by atoms with Gasteiger partial charge in [-0.2, -0.15) is 13.9 Å². The molecule has 7 rings (SSSR count). The second-order valence-corrected chi connectivity index (χ2v) is 10.6. The molecular weight excluding hydrogens is 467 g/mol. The molecule has 0 radical (unpaired) electrons. The van der Waals surface area contributed by atoms with E-state index in [1.165, 1.54) is 6.33 Å². The van der Waals surface area contributed by atoms with Crippen molar-refractivity contribution < 1.29 is 22.8 Å². The van der Waals surface area contributed by atoms with E-state index in [2.05, 4.69) is 14.6 Å². The predicted octanol–water partition coefficient (Wildman–Crippen LogP) is 4.09. The fourth-order valence-corrected chi connectivity index (χ4v) is 5.65. The number of fused-ring (bicyclic) bond motifs is 6. The first-order valence-corrected chi connectivity index (χ1v) is 12.0. The summed E-state index contributed by atoms with van der Waals surface area (Å²) in [6.07, 6.45) is 2.09. The highest BCUT2D eigenvalue weighted by Crippen LogP contribution is 2.51.